The molecule has 0 fully saturated rings. The molecular weight excluding hydrogens is 376 g/mol. The quantitative estimate of drug-likeness (QED) is 0.540. The van der Waals surface area contributed by atoms with E-state index in [-0.39, 0.29) is 6.61 Å². The van der Waals surface area contributed by atoms with E-state index < -0.39 is 41.8 Å². The van der Waals surface area contributed by atoms with Gasteiger partial charge in [-0.05, 0) is 39.7 Å². The van der Waals surface area contributed by atoms with Crippen molar-refractivity contribution in [3.8, 4) is 0 Å². The van der Waals surface area contributed by atoms with Crippen LogP contribution in [-0.2, 0) is 25.7 Å². The lowest BCUT2D eigenvalue weighted by atomic mass is 10.0. The minimum Gasteiger partial charge on any atom is -0.459 e. The van der Waals surface area contributed by atoms with Crippen molar-refractivity contribution in [3.05, 3.63) is 35.9 Å². The van der Waals surface area contributed by atoms with Crippen LogP contribution in [-0.4, -0.2) is 46.9 Å². The van der Waals surface area contributed by atoms with Crippen molar-refractivity contribution >= 4 is 18.0 Å². The van der Waals surface area contributed by atoms with Crippen LogP contribution in [0.4, 0.5) is 4.79 Å². The van der Waals surface area contributed by atoms with Crippen LogP contribution in [0.5, 0.6) is 0 Å². The van der Waals surface area contributed by atoms with Crippen molar-refractivity contribution in [2.24, 2.45) is 0 Å². The maximum absolute atomic E-state index is 12.4. The van der Waals surface area contributed by atoms with Gasteiger partial charge >= 0.3 is 12.1 Å². The van der Waals surface area contributed by atoms with Gasteiger partial charge in [0.05, 0.1) is 6.04 Å². The maximum atomic E-state index is 12.4. The zero-order valence-electron chi connectivity index (χ0n) is 17.7. The number of alkyl carbamates (subject to hydrolysis) is 1. The molecule has 0 aliphatic carbocycles. The van der Waals surface area contributed by atoms with Gasteiger partial charge in [0.1, 0.15) is 18.2 Å². The molecule has 1 rings (SSSR count). The van der Waals surface area contributed by atoms with Gasteiger partial charge in [0.15, 0.2) is 6.10 Å². The first-order valence-electron chi connectivity index (χ1n) is 9.72. The van der Waals surface area contributed by atoms with Crippen LogP contribution in [0.15, 0.2) is 30.3 Å². The molecular formula is C21H32N2O6. The predicted octanol–water partition coefficient (Wildman–Crippen LogP) is 2.29. The first kappa shape index (κ1) is 24.4. The number of benzene rings is 1. The summed E-state index contributed by atoms with van der Waals surface area (Å²) in [5.74, 6) is -1.40. The normalized spacial score (nSPS) is 14.3. The first-order chi connectivity index (χ1) is 13.5. The number of ether oxygens (including phenoxy) is 2. The van der Waals surface area contributed by atoms with Crippen LogP contribution >= 0.6 is 0 Å². The summed E-state index contributed by atoms with van der Waals surface area (Å²) in [4.78, 5) is 36.4. The number of hydrogen-bond donors (Lipinski definition) is 3. The Bertz CT molecular complexity index is 671. The zero-order chi connectivity index (χ0) is 22.0. The standard InChI is InChI=1S/C21H32N2O6/c1-6-10-16(23-20(27)29-21(3,4)5)17(24)18(25)22-14(2)19(26)28-13-15-11-8-7-9-12-15/h7-9,11-12,14,16-17,24H,6,10,13H2,1-5H3,(H,22,25)(H,23,27)/t14-,16-,17?/m0/s1. The van der Waals surface area contributed by atoms with Crippen LogP contribution in [0, 0.1) is 0 Å². The summed E-state index contributed by atoms with van der Waals surface area (Å²) in [6.45, 7) is 8.56. The van der Waals surface area contributed by atoms with E-state index in [0.717, 1.165) is 5.56 Å². The lowest BCUT2D eigenvalue weighted by Gasteiger charge is -2.26. The number of aliphatic hydroxyl groups is 1. The van der Waals surface area contributed by atoms with Crippen molar-refractivity contribution in [1.82, 2.24) is 10.6 Å². The van der Waals surface area contributed by atoms with Crippen molar-refractivity contribution in [2.45, 2.75) is 77.9 Å². The van der Waals surface area contributed by atoms with Gasteiger partial charge in [-0.2, -0.15) is 0 Å². The molecule has 0 bridgehead atoms. The minimum absolute atomic E-state index is 0.0844. The third-order valence-corrected chi connectivity index (χ3v) is 3.89. The summed E-state index contributed by atoms with van der Waals surface area (Å²) in [5, 5.41) is 15.3. The lowest BCUT2D eigenvalue weighted by molar-refractivity contribution is -0.149. The monoisotopic (exact) mass is 408 g/mol. The highest BCUT2D eigenvalue weighted by Crippen LogP contribution is 2.10. The van der Waals surface area contributed by atoms with Crippen molar-refractivity contribution < 1.29 is 29.0 Å². The number of nitrogens with one attached hydrogen (secondary N) is 2. The maximum Gasteiger partial charge on any atom is 0.407 e. The highest BCUT2D eigenvalue weighted by atomic mass is 16.6. The van der Waals surface area contributed by atoms with Crippen molar-refractivity contribution in [3.63, 3.8) is 0 Å². The first-order valence-corrected chi connectivity index (χ1v) is 9.72. The summed E-state index contributed by atoms with van der Waals surface area (Å²) >= 11 is 0. The molecule has 29 heavy (non-hydrogen) atoms. The number of carbonyl (C=O) groups excluding carboxylic acids is 3. The predicted molar refractivity (Wildman–Crippen MR) is 108 cm³/mol. The van der Waals surface area contributed by atoms with Gasteiger partial charge in [-0.1, -0.05) is 43.7 Å². The van der Waals surface area contributed by atoms with Crippen LogP contribution in [0.2, 0.25) is 0 Å². The third-order valence-electron chi connectivity index (χ3n) is 3.89. The number of aliphatic hydroxyl groups excluding tert-OH is 1. The molecule has 1 aromatic carbocycles. The minimum atomic E-state index is -1.54. The average Bonchev–Trinajstić information content (AvgIpc) is 2.64. The number of hydrogen-bond acceptors (Lipinski definition) is 6. The lowest BCUT2D eigenvalue weighted by Crippen LogP contribution is -2.53. The number of carbonyl (C=O) groups is 3. The van der Waals surface area contributed by atoms with E-state index in [4.69, 9.17) is 9.47 Å². The summed E-state index contributed by atoms with van der Waals surface area (Å²) in [6.07, 6.45) is -1.27. The van der Waals surface area contributed by atoms with Gasteiger partial charge in [-0.3, -0.25) is 4.79 Å². The van der Waals surface area contributed by atoms with E-state index in [1.807, 2.05) is 37.3 Å². The van der Waals surface area contributed by atoms with E-state index in [9.17, 15) is 19.5 Å². The molecule has 162 valence electrons. The van der Waals surface area contributed by atoms with Gasteiger partial charge in [0.2, 0.25) is 0 Å². The van der Waals surface area contributed by atoms with E-state index >= 15 is 0 Å². The second-order valence-electron chi connectivity index (χ2n) is 7.81. The summed E-state index contributed by atoms with van der Waals surface area (Å²) in [7, 11) is 0. The van der Waals surface area contributed by atoms with E-state index in [2.05, 4.69) is 10.6 Å². The van der Waals surface area contributed by atoms with Crippen molar-refractivity contribution in [2.75, 3.05) is 0 Å². The molecule has 8 heteroatoms. The van der Waals surface area contributed by atoms with Crippen molar-refractivity contribution in [1.29, 1.82) is 0 Å². The van der Waals surface area contributed by atoms with E-state index in [1.165, 1.54) is 6.92 Å². The van der Waals surface area contributed by atoms with Gasteiger partial charge < -0.3 is 25.2 Å². The molecule has 0 aliphatic heterocycles. The fourth-order valence-electron chi connectivity index (χ4n) is 2.47. The second kappa shape index (κ2) is 11.4. The molecule has 0 saturated heterocycles. The van der Waals surface area contributed by atoms with Crippen LogP contribution < -0.4 is 10.6 Å². The highest BCUT2D eigenvalue weighted by Gasteiger charge is 2.30. The number of esters is 1. The molecule has 0 aromatic heterocycles. The van der Waals surface area contributed by atoms with E-state index in [1.54, 1.807) is 20.8 Å². The molecule has 0 saturated carbocycles. The van der Waals surface area contributed by atoms with E-state index in [0.29, 0.717) is 12.8 Å². The summed E-state index contributed by atoms with van der Waals surface area (Å²) < 4.78 is 10.3. The van der Waals surface area contributed by atoms with Gasteiger partial charge in [0.25, 0.3) is 5.91 Å². The molecule has 0 spiro atoms. The van der Waals surface area contributed by atoms with Crippen LogP contribution in [0.25, 0.3) is 0 Å². The van der Waals surface area contributed by atoms with Gasteiger partial charge in [-0.25, -0.2) is 9.59 Å². The summed E-state index contributed by atoms with van der Waals surface area (Å²) in [6, 6.07) is 7.35. The topological polar surface area (TPSA) is 114 Å². The molecule has 1 aromatic rings. The number of amides is 2. The largest absolute Gasteiger partial charge is 0.459 e. The average molecular weight is 408 g/mol. The Kier molecular flexibility index (Phi) is 9.61. The number of rotatable bonds is 9. The molecule has 1 unspecified atom stereocenters. The molecule has 0 aliphatic rings. The Morgan fingerprint density at radius 1 is 1.10 bits per heavy atom. The SMILES string of the molecule is CCC[C@H](NC(=O)OC(C)(C)C)C(O)C(=O)N[C@@H](C)C(=O)OCc1ccccc1. The Hall–Kier alpha value is -2.61. The fourth-order valence-corrected chi connectivity index (χ4v) is 2.47. The zero-order valence-corrected chi connectivity index (χ0v) is 17.7. The Morgan fingerprint density at radius 2 is 1.72 bits per heavy atom. The van der Waals surface area contributed by atoms with Gasteiger partial charge in [0, 0.05) is 0 Å². The molecule has 0 radical (unpaired) electrons. The molecule has 3 N–H and O–H groups in total. The smallest absolute Gasteiger partial charge is 0.407 e. The van der Waals surface area contributed by atoms with Crippen LogP contribution in [0.1, 0.15) is 53.0 Å². The fraction of sp³-hybridized carbons (Fsp3) is 0.571. The molecule has 3 atom stereocenters. The Balaban J connectivity index is 2.59. The van der Waals surface area contributed by atoms with Crippen LogP contribution in [0.3, 0.4) is 0 Å². The Morgan fingerprint density at radius 3 is 2.28 bits per heavy atom. The molecule has 2 amide bonds. The van der Waals surface area contributed by atoms with Gasteiger partial charge in [-0.15, -0.1) is 0 Å². The highest BCUT2D eigenvalue weighted by molar-refractivity contribution is 5.87. The second-order valence-corrected chi connectivity index (χ2v) is 7.81. The third kappa shape index (κ3) is 9.43. The Labute approximate surface area is 172 Å². The molecule has 0 heterocycles. The summed E-state index contributed by atoms with van der Waals surface area (Å²) in [5.41, 5.74) is 0.120. The molecule has 8 nitrogen and oxygen atoms in total.